The molecule has 0 saturated carbocycles. The normalized spacial score (nSPS) is 18.6. The predicted molar refractivity (Wildman–Crippen MR) is 534 cm³/mol. The van der Waals surface area contributed by atoms with Crippen LogP contribution in [0.25, 0.3) is 0 Å². The number of aryl methyl sites for hydroxylation is 4. The van der Waals surface area contributed by atoms with Gasteiger partial charge in [0.15, 0.2) is 0 Å². The van der Waals surface area contributed by atoms with E-state index in [1.165, 1.54) is 11.1 Å². The number of aromatic nitrogens is 6. The summed E-state index contributed by atoms with van der Waals surface area (Å²) < 4.78 is 103. The Hall–Kier alpha value is -12.3. The summed E-state index contributed by atoms with van der Waals surface area (Å²) in [5.74, 6) is 3.55. The third kappa shape index (κ3) is 26.8. The molecule has 3 aliphatic rings. The number of hydrogen-bond acceptors (Lipinski definition) is 18. The lowest BCUT2D eigenvalue weighted by Crippen LogP contribution is -2.58. The van der Waals surface area contributed by atoms with Gasteiger partial charge in [0.1, 0.15) is 95.4 Å². The third-order valence-corrected chi connectivity index (χ3v) is 25.5. The molecule has 0 unspecified atom stereocenters. The molecule has 20 heteroatoms. The Kier molecular flexibility index (Phi) is 35.9. The topological polar surface area (TPSA) is 191 Å². The van der Waals surface area contributed by atoms with E-state index >= 15 is 0 Å². The number of hydrogen-bond donors (Lipinski definition) is 0. The number of nitrogens with zero attached hydrogens (tertiary/aromatic N) is 6. The van der Waals surface area contributed by atoms with Crippen molar-refractivity contribution in [3.63, 3.8) is 0 Å². The van der Waals surface area contributed by atoms with E-state index in [2.05, 4.69) is 185 Å². The smallest absolute Gasteiger partial charge is 0.132 e. The maximum atomic E-state index is 7.35. The van der Waals surface area contributed by atoms with Crippen molar-refractivity contribution in [2.75, 3.05) is 39.6 Å². The maximum absolute atomic E-state index is 7.35. The van der Waals surface area contributed by atoms with Crippen molar-refractivity contribution in [1.29, 1.82) is 0 Å². The van der Waals surface area contributed by atoms with Crippen LogP contribution in [-0.4, -0.2) is 118 Å². The zero-order valence-corrected chi connectivity index (χ0v) is 80.0. The molecule has 1 aliphatic carbocycles. The van der Waals surface area contributed by atoms with Gasteiger partial charge in [0.25, 0.3) is 0 Å². The van der Waals surface area contributed by atoms with E-state index in [1.54, 1.807) is 0 Å². The fourth-order valence-electron chi connectivity index (χ4n) is 18.7. The van der Waals surface area contributed by atoms with Gasteiger partial charge in [0, 0.05) is 38.8 Å². The molecule has 138 heavy (non-hydrogen) atoms. The molecule has 17 rings (SSSR count). The first-order valence-electron chi connectivity index (χ1n) is 49.5. The van der Waals surface area contributed by atoms with Crippen LogP contribution in [0.5, 0.6) is 23.0 Å². The van der Waals surface area contributed by atoms with Gasteiger partial charge in [-0.05, 0) is 152 Å². The number of para-hydroxylation sites is 2. The molecule has 20 nitrogen and oxygen atoms in total. The quantitative estimate of drug-likeness (QED) is 0.0349. The van der Waals surface area contributed by atoms with Crippen LogP contribution >= 0.6 is 0 Å². The van der Waals surface area contributed by atoms with Crippen LogP contribution in [0.1, 0.15) is 190 Å². The molecule has 8 bridgehead atoms. The van der Waals surface area contributed by atoms with Gasteiger partial charge in [0.2, 0.25) is 0 Å². The molecule has 2 aliphatic heterocycles. The molecule has 12 aromatic carbocycles. The standard InChI is InChI=1S/C118H130N6O14/c1-5-61-127-107-95-55-33-56-96(107)70-100-66-94(54-36-60-124-74-104(120-122-124)112-116(134-80-90-47-27-14-28-48-90)118(136-82-92-51-31-16-32-52-92)114(132-78-88-43-23-12-24-44-88)106(138-112)84-126-76-86-39-19-10-20-40-86)68-102(110(100)130-64-8-4)72-98-58-34-57-97(108(98)128-62-6-2)71-101-67-93(65-99(69-95)109(101)129-63-7-3)53-35-59-123-73-103(119-121-123)111-115(133-79-89-45-25-13-26-46-89)117(135-81-91-49-29-15-30-50-91)113(131-77-87-41-21-11-22-42-87)105(137-111)83-125-75-85-37-17-9-18-38-85/h9-34,37-52,55-58,65-68,73-74,105-106,111-118H,5-8,35-36,53-54,59-64,69-72,75-84H2,1-4H3/t105-,106-,111+,112+,113-,114-,115+,116+,117+,118+/m1/s1. The molecule has 2 aromatic heterocycles. The highest BCUT2D eigenvalue weighted by Gasteiger charge is 2.52. The van der Waals surface area contributed by atoms with Crippen molar-refractivity contribution in [3.05, 3.63) is 427 Å². The molecule has 0 radical (unpaired) electrons. The lowest BCUT2D eigenvalue weighted by molar-refractivity contribution is -0.275. The molecule has 0 amide bonds. The Morgan fingerprint density at radius 1 is 0.268 bits per heavy atom. The zero-order chi connectivity index (χ0) is 94.1. The van der Waals surface area contributed by atoms with Crippen molar-refractivity contribution >= 4 is 0 Å². The molecule has 10 atom stereocenters. The van der Waals surface area contributed by atoms with Crippen molar-refractivity contribution in [2.24, 2.45) is 0 Å². The van der Waals surface area contributed by atoms with Gasteiger partial charge in [-0.15, -0.1) is 10.2 Å². The Balaban J connectivity index is 0.666. The van der Waals surface area contributed by atoms with E-state index in [0.29, 0.717) is 129 Å². The molecule has 0 spiro atoms. The molecule has 716 valence electrons. The molecule has 0 N–H and O–H groups in total. The Morgan fingerprint density at radius 2 is 0.514 bits per heavy atom. The monoisotopic (exact) mass is 1850 g/mol. The highest BCUT2D eigenvalue weighted by molar-refractivity contribution is 5.58. The number of benzene rings is 12. The van der Waals surface area contributed by atoms with E-state index in [1.807, 2.05) is 167 Å². The van der Waals surface area contributed by atoms with Crippen LogP contribution in [0.4, 0.5) is 0 Å². The summed E-state index contributed by atoms with van der Waals surface area (Å²) in [6.07, 6.45) is 5.95. The van der Waals surface area contributed by atoms with Gasteiger partial charge in [0.05, 0.1) is 105 Å². The third-order valence-electron chi connectivity index (χ3n) is 25.5. The lowest BCUT2D eigenvalue weighted by atomic mass is 9.89. The molecular weight excluding hydrogens is 1730 g/mol. The number of fused-ring (bicyclic) bond motifs is 8. The van der Waals surface area contributed by atoms with Gasteiger partial charge in [-0.2, -0.15) is 0 Å². The summed E-state index contributed by atoms with van der Waals surface area (Å²) in [6, 6.07) is 105. The van der Waals surface area contributed by atoms with Crippen molar-refractivity contribution in [1.82, 2.24) is 30.0 Å². The maximum Gasteiger partial charge on any atom is 0.132 e. The van der Waals surface area contributed by atoms with E-state index in [-0.39, 0.29) is 13.2 Å². The summed E-state index contributed by atoms with van der Waals surface area (Å²) in [7, 11) is 0. The zero-order valence-electron chi connectivity index (χ0n) is 80.0. The van der Waals surface area contributed by atoms with Gasteiger partial charge >= 0.3 is 0 Å². The second-order valence-electron chi connectivity index (χ2n) is 36.2. The minimum atomic E-state index is -0.729. The first-order chi connectivity index (χ1) is 68.2. The van der Waals surface area contributed by atoms with Crippen LogP contribution in [0, 0.1) is 0 Å². The SMILES string of the molecule is CCCOc1c2cccc1Cc1cc(CCCn3cc([C@@H]4O[C@H](COCc5ccccc5)[C@@H](OCc5ccccc5)[C@H](OCc5ccccc5)[C@H]4OCc4ccccc4)nn3)cc(c1OCCC)Cc1cccc(c1OCCC)Cc1cc(CCCn3cc([C@@H]4O[C@H](COCc5ccccc5)[C@@H](OCc5ccccc5)[C@H](OCc5ccccc5)[C@H]4OCc4ccccc4)nn3)cc(c1OCCC)C2. The first kappa shape index (κ1) is 97.4. The lowest BCUT2D eigenvalue weighted by Gasteiger charge is -2.45. The van der Waals surface area contributed by atoms with Gasteiger partial charge in [-0.1, -0.05) is 341 Å². The average Bonchev–Trinajstić information content (AvgIpc) is 1.29. The molecule has 2 saturated heterocycles. The van der Waals surface area contributed by atoms with Gasteiger partial charge in [-0.3, -0.25) is 9.36 Å². The van der Waals surface area contributed by atoms with E-state index < -0.39 is 61.0 Å². The Morgan fingerprint density at radius 3 is 0.783 bits per heavy atom. The first-order valence-corrected chi connectivity index (χ1v) is 49.5. The Labute approximate surface area is 813 Å². The van der Waals surface area contributed by atoms with Crippen molar-refractivity contribution in [2.45, 2.75) is 232 Å². The van der Waals surface area contributed by atoms with Crippen LogP contribution < -0.4 is 18.9 Å². The summed E-state index contributed by atoms with van der Waals surface area (Å²) in [6.45, 7) is 15.0. The number of rotatable bonds is 48. The fourth-order valence-corrected chi connectivity index (χ4v) is 18.7. The summed E-state index contributed by atoms with van der Waals surface area (Å²) >= 11 is 0. The second-order valence-corrected chi connectivity index (χ2v) is 36.2. The van der Waals surface area contributed by atoms with Crippen LogP contribution in [0.15, 0.2) is 316 Å². The second kappa shape index (κ2) is 50.9. The summed E-state index contributed by atoms with van der Waals surface area (Å²) in [5.41, 5.74) is 20.5. The Bertz CT molecular complexity index is 5530. The molecule has 4 heterocycles. The summed E-state index contributed by atoms with van der Waals surface area (Å²) in [5, 5.41) is 19.8. The molecule has 2 fully saturated rings. The predicted octanol–water partition coefficient (Wildman–Crippen LogP) is 22.8. The van der Waals surface area contributed by atoms with E-state index in [9.17, 15) is 0 Å². The van der Waals surface area contributed by atoms with Gasteiger partial charge < -0.3 is 66.3 Å². The van der Waals surface area contributed by atoms with Crippen LogP contribution in [0.3, 0.4) is 0 Å². The van der Waals surface area contributed by atoms with Gasteiger partial charge in [-0.25, -0.2) is 0 Å². The highest BCUT2D eigenvalue weighted by Crippen LogP contribution is 2.45. The average molecular weight is 1860 g/mol. The van der Waals surface area contributed by atoms with Crippen molar-refractivity contribution < 1.29 is 66.3 Å². The van der Waals surface area contributed by atoms with Crippen LogP contribution in [0.2, 0.25) is 0 Å². The van der Waals surface area contributed by atoms with Crippen molar-refractivity contribution in [3.8, 4) is 23.0 Å². The summed E-state index contributed by atoms with van der Waals surface area (Å²) in [4.78, 5) is 0. The van der Waals surface area contributed by atoms with Crippen LogP contribution in [-0.2, 0) is 152 Å². The van der Waals surface area contributed by atoms with E-state index in [0.717, 1.165) is 163 Å². The highest BCUT2D eigenvalue weighted by atomic mass is 16.6. The molecular formula is C118H130N6O14. The molecule has 14 aromatic rings. The minimum Gasteiger partial charge on any atom is -0.493 e. The fraction of sp³-hybridized carbons (Fsp3) is 0.356. The minimum absolute atomic E-state index is 0.215. The van der Waals surface area contributed by atoms with E-state index in [4.69, 9.17) is 86.9 Å². The number of ether oxygens (including phenoxy) is 14. The largest absolute Gasteiger partial charge is 0.493 e.